The number of benzene rings is 2. The van der Waals surface area contributed by atoms with Gasteiger partial charge in [0.2, 0.25) is 5.82 Å². The van der Waals surface area contributed by atoms with Gasteiger partial charge in [0.15, 0.2) is 11.6 Å². The zero-order valence-electron chi connectivity index (χ0n) is 19.2. The van der Waals surface area contributed by atoms with Gasteiger partial charge in [-0.25, -0.2) is 4.39 Å². The van der Waals surface area contributed by atoms with Gasteiger partial charge in [0.25, 0.3) is 0 Å². The second-order valence-electron chi connectivity index (χ2n) is 9.12. The lowest BCUT2D eigenvalue weighted by atomic mass is 9.75. The minimum absolute atomic E-state index is 0.0403. The third-order valence-corrected chi connectivity index (χ3v) is 7.07. The van der Waals surface area contributed by atoms with E-state index in [0.717, 1.165) is 25.7 Å². The molecule has 2 aromatic carbocycles. The monoisotopic (exact) mass is 440 g/mol. The van der Waals surface area contributed by atoms with Gasteiger partial charge in [-0.1, -0.05) is 37.6 Å². The standard InChI is InChI=1S/C28H34F2O2/c1-3-5-24-15-14-23(18-32-24)21-8-6-19(7-9-21)20-10-12-22(13-11-20)25-16-17-26(31-4-2)28(30)27(25)29/h10-13,16-19,21,24H,3-9,14-15H2,1-2H3. The fourth-order valence-corrected chi connectivity index (χ4v) is 5.23. The van der Waals surface area contributed by atoms with Crippen LogP contribution < -0.4 is 4.74 Å². The van der Waals surface area contributed by atoms with Crippen LogP contribution in [0.2, 0.25) is 0 Å². The van der Waals surface area contributed by atoms with Crippen molar-refractivity contribution in [2.24, 2.45) is 5.92 Å². The quantitative estimate of drug-likeness (QED) is 0.432. The molecule has 4 rings (SSSR count). The molecule has 1 aliphatic heterocycles. The molecular weight excluding hydrogens is 406 g/mol. The molecule has 0 bridgehead atoms. The van der Waals surface area contributed by atoms with E-state index in [4.69, 9.17) is 9.47 Å². The second-order valence-corrected chi connectivity index (χ2v) is 9.12. The van der Waals surface area contributed by atoms with E-state index in [1.807, 2.05) is 12.1 Å². The lowest BCUT2D eigenvalue weighted by Gasteiger charge is -2.33. The Labute approximate surface area is 190 Å². The van der Waals surface area contributed by atoms with Crippen LogP contribution in [0, 0.1) is 17.6 Å². The maximum atomic E-state index is 14.5. The second kappa shape index (κ2) is 10.5. The van der Waals surface area contributed by atoms with Crippen molar-refractivity contribution in [2.45, 2.75) is 77.2 Å². The van der Waals surface area contributed by atoms with Gasteiger partial charge in [0.1, 0.15) is 0 Å². The largest absolute Gasteiger partial charge is 0.498 e. The van der Waals surface area contributed by atoms with Gasteiger partial charge in [0, 0.05) is 5.56 Å². The maximum Gasteiger partial charge on any atom is 0.201 e. The lowest BCUT2D eigenvalue weighted by Crippen LogP contribution is -2.21. The normalized spacial score (nSPS) is 23.4. The molecular formula is C28H34F2O2. The van der Waals surface area contributed by atoms with Crippen LogP contribution in [0.1, 0.15) is 76.7 Å². The van der Waals surface area contributed by atoms with Gasteiger partial charge in [-0.05, 0) is 92.5 Å². The number of allylic oxidation sites excluding steroid dienone is 1. The molecule has 0 aromatic heterocycles. The molecule has 2 aromatic rings. The molecule has 1 saturated carbocycles. The molecule has 2 nitrogen and oxygen atoms in total. The highest BCUT2D eigenvalue weighted by molar-refractivity contribution is 5.65. The first-order valence-corrected chi connectivity index (χ1v) is 12.2. The molecule has 0 radical (unpaired) electrons. The predicted octanol–water partition coefficient (Wildman–Crippen LogP) is 8.17. The molecule has 1 aliphatic carbocycles. The molecule has 0 saturated heterocycles. The van der Waals surface area contributed by atoms with Crippen molar-refractivity contribution >= 4 is 0 Å². The van der Waals surface area contributed by atoms with E-state index < -0.39 is 11.6 Å². The smallest absolute Gasteiger partial charge is 0.201 e. The topological polar surface area (TPSA) is 18.5 Å². The summed E-state index contributed by atoms with van der Waals surface area (Å²) in [7, 11) is 0. The van der Waals surface area contributed by atoms with Gasteiger partial charge in [0.05, 0.1) is 19.0 Å². The van der Waals surface area contributed by atoms with Gasteiger partial charge in [-0.15, -0.1) is 0 Å². The minimum atomic E-state index is -0.922. The molecule has 1 fully saturated rings. The van der Waals surface area contributed by atoms with Crippen molar-refractivity contribution in [3.8, 4) is 16.9 Å². The Kier molecular flexibility index (Phi) is 7.49. The van der Waals surface area contributed by atoms with Crippen molar-refractivity contribution < 1.29 is 18.3 Å². The molecule has 0 N–H and O–H groups in total. The summed E-state index contributed by atoms with van der Waals surface area (Å²) in [5.41, 5.74) is 3.75. The fourth-order valence-electron chi connectivity index (χ4n) is 5.23. The summed E-state index contributed by atoms with van der Waals surface area (Å²) in [5, 5.41) is 0. The highest BCUT2D eigenvalue weighted by Gasteiger charge is 2.27. The summed E-state index contributed by atoms with van der Waals surface area (Å²) in [6.07, 6.45) is 11.8. The van der Waals surface area contributed by atoms with Crippen molar-refractivity contribution in [1.82, 2.24) is 0 Å². The number of rotatable bonds is 7. The molecule has 172 valence electrons. The van der Waals surface area contributed by atoms with Gasteiger partial charge >= 0.3 is 0 Å². The van der Waals surface area contributed by atoms with Crippen LogP contribution in [-0.4, -0.2) is 12.7 Å². The Hall–Kier alpha value is -2.36. The Morgan fingerprint density at radius 3 is 2.22 bits per heavy atom. The number of hydrogen-bond donors (Lipinski definition) is 0. The number of halogens is 2. The van der Waals surface area contributed by atoms with Crippen LogP contribution in [0.3, 0.4) is 0 Å². The van der Waals surface area contributed by atoms with Crippen LogP contribution in [0.4, 0.5) is 8.78 Å². The number of hydrogen-bond acceptors (Lipinski definition) is 2. The van der Waals surface area contributed by atoms with Crippen LogP contribution in [0.5, 0.6) is 5.75 Å². The van der Waals surface area contributed by atoms with Crippen LogP contribution >= 0.6 is 0 Å². The first kappa shape index (κ1) is 22.8. The van der Waals surface area contributed by atoms with E-state index in [0.29, 0.717) is 30.1 Å². The Bertz CT molecular complexity index is 927. The highest BCUT2D eigenvalue weighted by atomic mass is 19.2. The zero-order valence-corrected chi connectivity index (χ0v) is 19.2. The molecule has 2 aliphatic rings. The average molecular weight is 441 g/mol. The van der Waals surface area contributed by atoms with Crippen LogP contribution in [0.15, 0.2) is 48.2 Å². The third-order valence-electron chi connectivity index (χ3n) is 7.07. The molecule has 0 spiro atoms. The van der Waals surface area contributed by atoms with E-state index in [-0.39, 0.29) is 11.3 Å². The molecule has 1 atom stereocenters. The van der Waals surface area contributed by atoms with Gasteiger partial charge in [-0.3, -0.25) is 0 Å². The van der Waals surface area contributed by atoms with Crippen LogP contribution in [0.25, 0.3) is 11.1 Å². The maximum absolute atomic E-state index is 14.5. The summed E-state index contributed by atoms with van der Waals surface area (Å²) >= 11 is 0. The highest BCUT2D eigenvalue weighted by Crippen LogP contribution is 2.41. The van der Waals surface area contributed by atoms with Gasteiger partial charge in [-0.2, -0.15) is 4.39 Å². The van der Waals surface area contributed by atoms with Gasteiger partial charge < -0.3 is 9.47 Å². The Balaban J connectivity index is 1.37. The SMILES string of the molecule is CCCC1CCC(C2CCC(c3ccc(-c4ccc(OCC)c(F)c4F)cc3)CC2)=CO1. The molecule has 0 amide bonds. The Morgan fingerprint density at radius 2 is 1.59 bits per heavy atom. The number of ether oxygens (including phenoxy) is 2. The van der Waals surface area contributed by atoms with Crippen molar-refractivity contribution in [3.63, 3.8) is 0 Å². The summed E-state index contributed by atoms with van der Waals surface area (Å²) < 4.78 is 39.9. The fraction of sp³-hybridized carbons (Fsp3) is 0.500. The van der Waals surface area contributed by atoms with Crippen molar-refractivity contribution in [3.05, 3.63) is 65.4 Å². The lowest BCUT2D eigenvalue weighted by molar-refractivity contribution is 0.104. The third kappa shape index (κ3) is 5.00. The minimum Gasteiger partial charge on any atom is -0.498 e. The molecule has 1 unspecified atom stereocenters. The Morgan fingerprint density at radius 1 is 0.875 bits per heavy atom. The summed E-state index contributed by atoms with van der Waals surface area (Å²) in [5.74, 6) is -0.641. The van der Waals surface area contributed by atoms with E-state index >= 15 is 0 Å². The van der Waals surface area contributed by atoms with Crippen molar-refractivity contribution in [1.29, 1.82) is 0 Å². The molecule has 4 heteroatoms. The van der Waals surface area contributed by atoms with E-state index in [9.17, 15) is 8.78 Å². The molecule has 1 heterocycles. The summed E-state index contributed by atoms with van der Waals surface area (Å²) in [6.45, 7) is 4.26. The van der Waals surface area contributed by atoms with E-state index in [2.05, 4.69) is 25.3 Å². The van der Waals surface area contributed by atoms with E-state index in [1.165, 1.54) is 42.9 Å². The average Bonchev–Trinajstić information content (AvgIpc) is 2.83. The zero-order chi connectivity index (χ0) is 22.5. The summed E-state index contributed by atoms with van der Waals surface area (Å²) in [4.78, 5) is 0. The van der Waals surface area contributed by atoms with Crippen molar-refractivity contribution in [2.75, 3.05) is 6.61 Å². The summed E-state index contributed by atoms with van der Waals surface area (Å²) in [6, 6.07) is 11.1. The first-order valence-electron chi connectivity index (χ1n) is 12.2. The molecule has 32 heavy (non-hydrogen) atoms. The predicted molar refractivity (Wildman–Crippen MR) is 125 cm³/mol. The van der Waals surface area contributed by atoms with Crippen LogP contribution in [-0.2, 0) is 4.74 Å². The van der Waals surface area contributed by atoms with E-state index in [1.54, 1.807) is 13.0 Å². The first-order chi connectivity index (χ1) is 15.6.